The van der Waals surface area contributed by atoms with Crippen LogP contribution in [0.3, 0.4) is 0 Å². The molecule has 2 aromatic rings. The monoisotopic (exact) mass is 325 g/mol. The van der Waals surface area contributed by atoms with Crippen molar-refractivity contribution < 1.29 is 9.47 Å². The van der Waals surface area contributed by atoms with Gasteiger partial charge >= 0.3 is 0 Å². The van der Waals surface area contributed by atoms with Gasteiger partial charge in [0.15, 0.2) is 0 Å². The third-order valence-corrected chi connectivity index (χ3v) is 5.13. The van der Waals surface area contributed by atoms with Crippen molar-refractivity contribution >= 4 is 0 Å². The molecule has 0 unspecified atom stereocenters. The predicted molar refractivity (Wildman–Crippen MR) is 90.1 cm³/mol. The topological polar surface area (TPSA) is 47.5 Å². The first kappa shape index (κ1) is 15.7. The Kier molecular flexibility index (Phi) is 4.56. The third-order valence-electron chi connectivity index (χ3n) is 5.13. The largest absolute Gasteiger partial charge is 0.380 e. The molecule has 2 fully saturated rings. The average molecular weight is 325 g/mol. The number of hydrogen-bond donors (Lipinski definition) is 0. The maximum atomic E-state index is 6.05. The van der Waals surface area contributed by atoms with Crippen LogP contribution in [0.15, 0.2) is 49.1 Å². The lowest BCUT2D eigenvalue weighted by molar-refractivity contribution is 0.0182. The fourth-order valence-corrected chi connectivity index (χ4v) is 3.87. The lowest BCUT2D eigenvalue weighted by Gasteiger charge is -2.27. The van der Waals surface area contributed by atoms with Gasteiger partial charge in [-0.1, -0.05) is 6.07 Å². The minimum atomic E-state index is 0.134. The van der Waals surface area contributed by atoms with Gasteiger partial charge in [0.1, 0.15) is 0 Å². The molecule has 2 aliphatic rings. The van der Waals surface area contributed by atoms with Crippen LogP contribution in [0.2, 0.25) is 0 Å². The molecule has 4 heterocycles. The van der Waals surface area contributed by atoms with E-state index < -0.39 is 0 Å². The molecule has 126 valence electrons. The predicted octanol–water partition coefficient (Wildman–Crippen LogP) is 2.14. The van der Waals surface area contributed by atoms with Crippen molar-refractivity contribution in [2.24, 2.45) is 11.3 Å². The minimum Gasteiger partial charge on any atom is -0.380 e. The molecular weight excluding hydrogens is 302 g/mol. The number of nitrogens with zero attached hydrogens (tertiary/aromatic N) is 3. The first-order chi connectivity index (χ1) is 11.8. The highest BCUT2D eigenvalue weighted by atomic mass is 16.5. The van der Waals surface area contributed by atoms with Crippen molar-refractivity contribution in [2.75, 3.05) is 32.9 Å². The van der Waals surface area contributed by atoms with Crippen LogP contribution in [0.1, 0.15) is 11.1 Å². The lowest BCUT2D eigenvalue weighted by Crippen LogP contribution is -2.35. The van der Waals surface area contributed by atoms with Crippen LogP contribution in [0.25, 0.3) is 0 Å². The van der Waals surface area contributed by atoms with Crippen molar-refractivity contribution in [1.82, 2.24) is 14.9 Å². The van der Waals surface area contributed by atoms with Crippen molar-refractivity contribution in [3.05, 3.63) is 60.2 Å². The number of rotatable bonds is 6. The van der Waals surface area contributed by atoms with E-state index in [0.29, 0.717) is 12.5 Å². The summed E-state index contributed by atoms with van der Waals surface area (Å²) in [4.78, 5) is 10.8. The fourth-order valence-electron chi connectivity index (χ4n) is 3.87. The summed E-state index contributed by atoms with van der Waals surface area (Å²) < 4.78 is 11.8. The molecule has 0 aromatic carbocycles. The van der Waals surface area contributed by atoms with E-state index in [-0.39, 0.29) is 5.41 Å². The second-order valence-corrected chi connectivity index (χ2v) is 6.95. The number of ether oxygens (including phenoxy) is 2. The molecule has 0 spiro atoms. The molecule has 0 aliphatic carbocycles. The van der Waals surface area contributed by atoms with Gasteiger partial charge in [-0.25, -0.2) is 0 Å². The Morgan fingerprint density at radius 3 is 2.92 bits per heavy atom. The maximum Gasteiger partial charge on any atom is 0.0732 e. The fraction of sp³-hybridized carbons (Fsp3) is 0.474. The van der Waals surface area contributed by atoms with Gasteiger partial charge in [0.2, 0.25) is 0 Å². The van der Waals surface area contributed by atoms with Crippen LogP contribution < -0.4 is 0 Å². The SMILES string of the molecule is c1cncc(COC[C@]23COC[C@H]2CN(Cc2ccncc2)C3)c1. The zero-order chi connectivity index (χ0) is 16.2. The van der Waals surface area contributed by atoms with Gasteiger partial charge in [0.05, 0.1) is 26.4 Å². The van der Waals surface area contributed by atoms with Crippen molar-refractivity contribution in [3.63, 3.8) is 0 Å². The van der Waals surface area contributed by atoms with Gasteiger partial charge in [-0.2, -0.15) is 0 Å². The molecule has 2 aromatic heterocycles. The van der Waals surface area contributed by atoms with Crippen molar-refractivity contribution in [3.8, 4) is 0 Å². The smallest absolute Gasteiger partial charge is 0.0732 e. The minimum absolute atomic E-state index is 0.134. The number of hydrogen-bond acceptors (Lipinski definition) is 5. The highest BCUT2D eigenvalue weighted by Crippen LogP contribution is 2.42. The molecule has 0 amide bonds. The lowest BCUT2D eigenvalue weighted by atomic mass is 9.82. The number of pyridine rings is 2. The molecule has 5 nitrogen and oxygen atoms in total. The second kappa shape index (κ2) is 6.97. The van der Waals surface area contributed by atoms with Gasteiger partial charge < -0.3 is 9.47 Å². The summed E-state index contributed by atoms with van der Waals surface area (Å²) in [5.74, 6) is 0.563. The van der Waals surface area contributed by atoms with Crippen LogP contribution in [0.4, 0.5) is 0 Å². The molecule has 24 heavy (non-hydrogen) atoms. The molecule has 2 saturated heterocycles. The van der Waals surface area contributed by atoms with E-state index in [4.69, 9.17) is 9.47 Å². The number of aromatic nitrogens is 2. The van der Waals surface area contributed by atoms with Crippen molar-refractivity contribution in [1.29, 1.82) is 0 Å². The zero-order valence-corrected chi connectivity index (χ0v) is 13.8. The summed E-state index contributed by atoms with van der Waals surface area (Å²) in [5.41, 5.74) is 2.57. The first-order valence-electron chi connectivity index (χ1n) is 8.50. The standard InChI is InChI=1S/C19H23N3O2/c1-2-17(8-21-5-1)11-23-14-19-13-22(10-18(19)12-24-15-19)9-16-3-6-20-7-4-16/h1-8,18H,9-15H2/t18-,19-/m1/s1. The zero-order valence-electron chi connectivity index (χ0n) is 13.8. The first-order valence-corrected chi connectivity index (χ1v) is 8.50. The maximum absolute atomic E-state index is 6.05. The van der Waals surface area contributed by atoms with Crippen LogP contribution >= 0.6 is 0 Å². The molecule has 0 radical (unpaired) electrons. The number of likely N-dealkylation sites (tertiary alicyclic amines) is 1. The van der Waals surface area contributed by atoms with E-state index in [1.54, 1.807) is 6.20 Å². The summed E-state index contributed by atoms with van der Waals surface area (Å²) in [6, 6.07) is 8.19. The number of fused-ring (bicyclic) bond motifs is 1. The molecule has 2 aliphatic heterocycles. The van der Waals surface area contributed by atoms with E-state index in [9.17, 15) is 0 Å². The van der Waals surface area contributed by atoms with E-state index in [1.807, 2.05) is 24.7 Å². The Balaban J connectivity index is 1.36. The Morgan fingerprint density at radius 1 is 1.17 bits per heavy atom. The Bertz CT molecular complexity index is 652. The molecule has 0 bridgehead atoms. The van der Waals surface area contributed by atoms with Crippen LogP contribution in [0, 0.1) is 11.3 Å². The molecular formula is C19H23N3O2. The Labute approximate surface area is 142 Å². The molecule has 4 rings (SSSR count). The van der Waals surface area contributed by atoms with E-state index in [0.717, 1.165) is 45.0 Å². The molecule has 5 heteroatoms. The summed E-state index contributed by atoms with van der Waals surface area (Å²) in [7, 11) is 0. The average Bonchev–Trinajstić information content (AvgIpc) is 3.13. The Hall–Kier alpha value is -1.82. The summed E-state index contributed by atoms with van der Waals surface area (Å²) in [6.45, 7) is 6.11. The summed E-state index contributed by atoms with van der Waals surface area (Å²) in [5, 5.41) is 0. The van der Waals surface area contributed by atoms with Gasteiger partial charge in [0, 0.05) is 55.8 Å². The van der Waals surface area contributed by atoms with Gasteiger partial charge in [-0.3, -0.25) is 14.9 Å². The van der Waals surface area contributed by atoms with Gasteiger partial charge in [0.25, 0.3) is 0 Å². The normalized spacial score (nSPS) is 26.6. The quantitative estimate of drug-likeness (QED) is 0.814. The summed E-state index contributed by atoms with van der Waals surface area (Å²) >= 11 is 0. The summed E-state index contributed by atoms with van der Waals surface area (Å²) in [6.07, 6.45) is 7.38. The van der Waals surface area contributed by atoms with Crippen LogP contribution in [-0.4, -0.2) is 47.8 Å². The third kappa shape index (κ3) is 3.34. The molecule has 0 saturated carbocycles. The Morgan fingerprint density at radius 2 is 2.08 bits per heavy atom. The van der Waals surface area contributed by atoms with Crippen molar-refractivity contribution in [2.45, 2.75) is 13.2 Å². The van der Waals surface area contributed by atoms with E-state index >= 15 is 0 Å². The second-order valence-electron chi connectivity index (χ2n) is 6.95. The molecule has 0 N–H and O–H groups in total. The highest BCUT2D eigenvalue weighted by Gasteiger charge is 2.50. The molecule has 2 atom stereocenters. The van der Waals surface area contributed by atoms with Crippen LogP contribution in [-0.2, 0) is 22.6 Å². The van der Waals surface area contributed by atoms with E-state index in [1.165, 1.54) is 5.56 Å². The van der Waals surface area contributed by atoms with Crippen LogP contribution in [0.5, 0.6) is 0 Å². The van der Waals surface area contributed by atoms with Gasteiger partial charge in [-0.05, 0) is 29.3 Å². The highest BCUT2D eigenvalue weighted by molar-refractivity contribution is 5.11. The van der Waals surface area contributed by atoms with Gasteiger partial charge in [-0.15, -0.1) is 0 Å². The van der Waals surface area contributed by atoms with E-state index in [2.05, 4.69) is 33.1 Å².